The molecule has 0 radical (unpaired) electrons. The summed E-state index contributed by atoms with van der Waals surface area (Å²) in [6.07, 6.45) is 1.88. The van der Waals surface area contributed by atoms with Crippen molar-refractivity contribution in [2.24, 2.45) is 5.92 Å². The molecule has 0 saturated carbocycles. The van der Waals surface area contributed by atoms with Crippen molar-refractivity contribution in [3.8, 4) is 0 Å². The molecule has 0 amide bonds. The molecule has 21 heavy (non-hydrogen) atoms. The van der Waals surface area contributed by atoms with Crippen LogP contribution in [0.4, 0.5) is 0 Å². The van der Waals surface area contributed by atoms with Gasteiger partial charge in [0, 0.05) is 23.6 Å². The molecule has 1 fully saturated rings. The smallest absolute Gasteiger partial charge is 0.0590 e. The third-order valence-corrected chi connectivity index (χ3v) is 5.13. The van der Waals surface area contributed by atoms with Crippen molar-refractivity contribution in [3.05, 3.63) is 34.3 Å². The maximum absolute atomic E-state index is 9.83. The Bertz CT molecular complexity index is 441. The third-order valence-electron chi connectivity index (χ3n) is 4.41. The SMILES string of the molecule is CCNC(CCN1CCC(O)C(C)C1)c1ccccc1Br. The number of benzene rings is 1. The quantitative estimate of drug-likeness (QED) is 0.823. The summed E-state index contributed by atoms with van der Waals surface area (Å²) in [5.41, 5.74) is 1.34. The van der Waals surface area contributed by atoms with Crippen LogP contribution < -0.4 is 5.32 Å². The molecule has 0 bridgehead atoms. The van der Waals surface area contributed by atoms with Crippen LogP contribution in [0.5, 0.6) is 0 Å². The van der Waals surface area contributed by atoms with Gasteiger partial charge in [-0.05, 0) is 43.5 Å². The average molecular weight is 355 g/mol. The van der Waals surface area contributed by atoms with Gasteiger partial charge >= 0.3 is 0 Å². The lowest BCUT2D eigenvalue weighted by atomic mass is 9.96. The lowest BCUT2D eigenvalue weighted by Crippen LogP contribution is -2.43. The summed E-state index contributed by atoms with van der Waals surface area (Å²) in [5, 5.41) is 13.4. The molecule has 4 heteroatoms. The molecule has 0 aromatic heterocycles. The predicted molar refractivity (Wildman–Crippen MR) is 91.4 cm³/mol. The fraction of sp³-hybridized carbons (Fsp3) is 0.647. The molecule has 0 aliphatic carbocycles. The van der Waals surface area contributed by atoms with Gasteiger partial charge in [-0.15, -0.1) is 0 Å². The summed E-state index contributed by atoms with van der Waals surface area (Å²) in [6, 6.07) is 8.85. The van der Waals surface area contributed by atoms with Gasteiger partial charge in [0.25, 0.3) is 0 Å². The van der Waals surface area contributed by atoms with E-state index in [1.807, 2.05) is 0 Å². The summed E-state index contributed by atoms with van der Waals surface area (Å²) in [7, 11) is 0. The Labute approximate surface area is 136 Å². The van der Waals surface area contributed by atoms with Crippen molar-refractivity contribution in [3.63, 3.8) is 0 Å². The number of aliphatic hydroxyl groups excluding tert-OH is 1. The monoisotopic (exact) mass is 354 g/mol. The summed E-state index contributed by atoms with van der Waals surface area (Å²) in [6.45, 7) is 8.38. The fourth-order valence-corrected chi connectivity index (χ4v) is 3.67. The maximum Gasteiger partial charge on any atom is 0.0590 e. The molecule has 1 aromatic carbocycles. The van der Waals surface area contributed by atoms with Crippen LogP contribution >= 0.6 is 15.9 Å². The van der Waals surface area contributed by atoms with Crippen molar-refractivity contribution in [1.29, 1.82) is 0 Å². The standard InChI is InChI=1S/C17H27BrN2O/c1-3-19-16(14-6-4-5-7-15(14)18)8-10-20-11-9-17(21)13(2)12-20/h4-7,13,16-17,19,21H,3,8-12H2,1-2H3. The van der Waals surface area contributed by atoms with Crippen LogP contribution in [0.1, 0.15) is 38.3 Å². The highest BCUT2D eigenvalue weighted by Crippen LogP contribution is 2.26. The minimum absolute atomic E-state index is 0.117. The Morgan fingerprint density at radius 2 is 2.19 bits per heavy atom. The molecule has 0 spiro atoms. The van der Waals surface area contributed by atoms with Gasteiger partial charge in [-0.25, -0.2) is 0 Å². The number of halogens is 1. The highest BCUT2D eigenvalue weighted by molar-refractivity contribution is 9.10. The van der Waals surface area contributed by atoms with Crippen LogP contribution in [0.3, 0.4) is 0 Å². The number of rotatable bonds is 6. The summed E-state index contributed by atoms with van der Waals surface area (Å²) in [4.78, 5) is 2.48. The molecule has 3 atom stereocenters. The number of likely N-dealkylation sites (tertiary alicyclic amines) is 1. The number of piperidine rings is 1. The molecule has 3 unspecified atom stereocenters. The van der Waals surface area contributed by atoms with E-state index in [2.05, 4.69) is 64.3 Å². The van der Waals surface area contributed by atoms with Gasteiger partial charge in [0.05, 0.1) is 6.10 Å². The van der Waals surface area contributed by atoms with E-state index in [1.54, 1.807) is 0 Å². The predicted octanol–water partition coefficient (Wildman–Crippen LogP) is 3.19. The van der Waals surface area contributed by atoms with Gasteiger partial charge in [0.15, 0.2) is 0 Å². The van der Waals surface area contributed by atoms with E-state index in [-0.39, 0.29) is 6.10 Å². The molecule has 1 aliphatic rings. The van der Waals surface area contributed by atoms with Gasteiger partial charge in [0.2, 0.25) is 0 Å². The number of nitrogens with zero attached hydrogens (tertiary/aromatic N) is 1. The second kappa shape index (κ2) is 8.28. The van der Waals surface area contributed by atoms with E-state index in [1.165, 1.54) is 10.0 Å². The zero-order chi connectivity index (χ0) is 15.2. The molecular formula is C17H27BrN2O. The van der Waals surface area contributed by atoms with E-state index in [0.29, 0.717) is 12.0 Å². The molecule has 3 nitrogen and oxygen atoms in total. The van der Waals surface area contributed by atoms with Gasteiger partial charge in [-0.1, -0.05) is 48.0 Å². The number of hydrogen-bond donors (Lipinski definition) is 2. The maximum atomic E-state index is 9.83. The minimum atomic E-state index is -0.117. The molecule has 1 saturated heterocycles. The number of aliphatic hydroxyl groups is 1. The van der Waals surface area contributed by atoms with E-state index in [9.17, 15) is 5.11 Å². The van der Waals surface area contributed by atoms with Crippen LogP contribution in [0.15, 0.2) is 28.7 Å². The summed E-state index contributed by atoms with van der Waals surface area (Å²) < 4.78 is 1.18. The zero-order valence-electron chi connectivity index (χ0n) is 13.1. The number of hydrogen-bond acceptors (Lipinski definition) is 3. The first-order valence-electron chi connectivity index (χ1n) is 8.00. The van der Waals surface area contributed by atoms with Crippen LogP contribution in [0.2, 0.25) is 0 Å². The second-order valence-electron chi connectivity index (χ2n) is 6.05. The molecular weight excluding hydrogens is 328 g/mol. The van der Waals surface area contributed by atoms with Gasteiger partial charge in [-0.2, -0.15) is 0 Å². The van der Waals surface area contributed by atoms with Gasteiger partial charge in [-0.3, -0.25) is 0 Å². The first kappa shape index (κ1) is 16.9. The van der Waals surface area contributed by atoms with Crippen LogP contribution in [0.25, 0.3) is 0 Å². The Hall–Kier alpha value is -0.420. The zero-order valence-corrected chi connectivity index (χ0v) is 14.6. The van der Waals surface area contributed by atoms with Crippen molar-refractivity contribution >= 4 is 15.9 Å². The van der Waals surface area contributed by atoms with Crippen molar-refractivity contribution in [2.75, 3.05) is 26.2 Å². The highest BCUT2D eigenvalue weighted by Gasteiger charge is 2.24. The lowest BCUT2D eigenvalue weighted by molar-refractivity contribution is 0.0337. The normalized spacial score (nSPS) is 25.0. The highest BCUT2D eigenvalue weighted by atomic mass is 79.9. The largest absolute Gasteiger partial charge is 0.393 e. The lowest BCUT2D eigenvalue weighted by Gasteiger charge is -2.35. The third kappa shape index (κ3) is 4.78. The summed E-state index contributed by atoms with van der Waals surface area (Å²) in [5.74, 6) is 0.389. The topological polar surface area (TPSA) is 35.5 Å². The Morgan fingerprint density at radius 3 is 2.86 bits per heavy atom. The molecule has 1 aliphatic heterocycles. The van der Waals surface area contributed by atoms with Crippen LogP contribution in [-0.2, 0) is 0 Å². The Morgan fingerprint density at radius 1 is 1.43 bits per heavy atom. The molecule has 1 heterocycles. The fourth-order valence-electron chi connectivity index (χ4n) is 3.11. The molecule has 118 valence electrons. The molecule has 2 N–H and O–H groups in total. The molecule has 1 aromatic rings. The van der Waals surface area contributed by atoms with E-state index < -0.39 is 0 Å². The summed E-state index contributed by atoms with van der Waals surface area (Å²) >= 11 is 3.66. The first-order valence-corrected chi connectivity index (χ1v) is 8.79. The van der Waals surface area contributed by atoms with E-state index >= 15 is 0 Å². The van der Waals surface area contributed by atoms with Gasteiger partial charge < -0.3 is 15.3 Å². The van der Waals surface area contributed by atoms with Crippen molar-refractivity contribution < 1.29 is 5.11 Å². The first-order chi connectivity index (χ1) is 10.1. The second-order valence-corrected chi connectivity index (χ2v) is 6.91. The van der Waals surface area contributed by atoms with E-state index in [4.69, 9.17) is 0 Å². The van der Waals surface area contributed by atoms with Crippen LogP contribution in [-0.4, -0.2) is 42.3 Å². The Kier molecular flexibility index (Phi) is 6.68. The van der Waals surface area contributed by atoms with Crippen molar-refractivity contribution in [2.45, 2.75) is 38.8 Å². The van der Waals surface area contributed by atoms with Crippen molar-refractivity contribution in [1.82, 2.24) is 10.2 Å². The van der Waals surface area contributed by atoms with Gasteiger partial charge in [0.1, 0.15) is 0 Å². The Balaban J connectivity index is 1.93. The van der Waals surface area contributed by atoms with Crippen LogP contribution in [0, 0.1) is 5.92 Å². The minimum Gasteiger partial charge on any atom is -0.393 e. The molecule has 2 rings (SSSR count). The van der Waals surface area contributed by atoms with E-state index in [0.717, 1.165) is 39.0 Å². The number of nitrogens with one attached hydrogen (secondary N) is 1. The average Bonchev–Trinajstić information content (AvgIpc) is 2.48.